The fraction of sp³-hybridized carbons (Fsp3) is 0.500. The average Bonchev–Trinajstić information content (AvgIpc) is 2.37. The van der Waals surface area contributed by atoms with E-state index in [0.717, 1.165) is 31.6 Å². The molecule has 1 aromatic carbocycles. The van der Waals surface area contributed by atoms with Gasteiger partial charge in [-0.2, -0.15) is 0 Å². The first-order valence-electron chi connectivity index (χ1n) is 6.48. The molecule has 104 valence electrons. The molecule has 3 N–H and O–H groups in total. The molecular formula is C14H18BrFN2O. The molecule has 0 aromatic heterocycles. The van der Waals surface area contributed by atoms with Gasteiger partial charge in [-0.15, -0.1) is 0 Å². The lowest BCUT2D eigenvalue weighted by molar-refractivity contribution is 0.130. The maximum Gasteiger partial charge on any atom is 0.179 e. The topological polar surface area (TPSA) is 59.1 Å². The number of nitrogen functional groups attached to an aromatic ring is 1. The lowest BCUT2D eigenvalue weighted by Crippen LogP contribution is -2.23. The summed E-state index contributed by atoms with van der Waals surface area (Å²) >= 11 is 3.13. The first kappa shape index (κ1) is 14.3. The number of nitrogens with one attached hydrogen (secondary N) is 1. The van der Waals surface area contributed by atoms with Crippen molar-refractivity contribution in [2.45, 2.75) is 38.7 Å². The molecule has 1 aliphatic rings. The van der Waals surface area contributed by atoms with Crippen molar-refractivity contribution in [3.05, 3.63) is 28.0 Å². The van der Waals surface area contributed by atoms with Crippen LogP contribution in [0, 0.1) is 17.1 Å². The van der Waals surface area contributed by atoms with Crippen molar-refractivity contribution >= 4 is 21.8 Å². The van der Waals surface area contributed by atoms with Crippen LogP contribution in [-0.2, 0) is 0 Å². The van der Waals surface area contributed by atoms with Gasteiger partial charge < -0.3 is 10.5 Å². The molecule has 0 unspecified atom stereocenters. The summed E-state index contributed by atoms with van der Waals surface area (Å²) in [7, 11) is 0. The molecule has 0 atom stereocenters. The zero-order valence-corrected chi connectivity index (χ0v) is 12.5. The highest BCUT2D eigenvalue weighted by molar-refractivity contribution is 9.10. The lowest BCUT2D eigenvalue weighted by atomic mass is 9.89. The van der Waals surface area contributed by atoms with Crippen molar-refractivity contribution in [2.75, 3.05) is 0 Å². The molecule has 0 radical (unpaired) electrons. The van der Waals surface area contributed by atoms with Crippen molar-refractivity contribution in [3.8, 4) is 5.75 Å². The third-order valence-electron chi connectivity index (χ3n) is 3.59. The van der Waals surface area contributed by atoms with Crippen LogP contribution in [0.25, 0.3) is 0 Å². The molecule has 0 bridgehead atoms. The molecule has 0 aliphatic heterocycles. The number of amidine groups is 1. The largest absolute Gasteiger partial charge is 0.487 e. The van der Waals surface area contributed by atoms with E-state index in [1.165, 1.54) is 0 Å². The summed E-state index contributed by atoms with van der Waals surface area (Å²) in [6.45, 7) is 2.23. The summed E-state index contributed by atoms with van der Waals surface area (Å²) in [5.41, 5.74) is 5.73. The average molecular weight is 329 g/mol. The highest BCUT2D eigenvalue weighted by Gasteiger charge is 2.22. The first-order chi connectivity index (χ1) is 8.99. The summed E-state index contributed by atoms with van der Waals surface area (Å²) in [6.07, 6.45) is 4.26. The van der Waals surface area contributed by atoms with Gasteiger partial charge >= 0.3 is 0 Å². The number of ether oxygens (including phenoxy) is 1. The fourth-order valence-corrected chi connectivity index (χ4v) is 2.90. The van der Waals surface area contributed by atoms with Gasteiger partial charge in [0.2, 0.25) is 0 Å². The van der Waals surface area contributed by atoms with Gasteiger partial charge in [-0.1, -0.05) is 6.92 Å². The second-order valence-corrected chi connectivity index (χ2v) is 5.95. The van der Waals surface area contributed by atoms with Gasteiger partial charge in [0.1, 0.15) is 5.84 Å². The fourth-order valence-electron chi connectivity index (χ4n) is 2.36. The minimum Gasteiger partial charge on any atom is -0.487 e. The number of hydrogen-bond donors (Lipinski definition) is 2. The van der Waals surface area contributed by atoms with Crippen LogP contribution in [0.4, 0.5) is 4.39 Å². The molecule has 2 rings (SSSR count). The van der Waals surface area contributed by atoms with Gasteiger partial charge in [0.05, 0.1) is 10.6 Å². The Balaban J connectivity index is 2.13. The lowest BCUT2D eigenvalue weighted by Gasteiger charge is -2.27. The van der Waals surface area contributed by atoms with Crippen molar-refractivity contribution < 1.29 is 9.13 Å². The highest BCUT2D eigenvalue weighted by Crippen LogP contribution is 2.32. The predicted octanol–water partition coefficient (Wildman–Crippen LogP) is 3.83. The van der Waals surface area contributed by atoms with Crippen LogP contribution < -0.4 is 10.5 Å². The number of benzene rings is 1. The zero-order valence-electron chi connectivity index (χ0n) is 10.9. The number of halogens is 2. The standard InChI is InChI=1S/C14H18BrFN2O/c1-8-2-4-9(5-3-8)19-11-7-6-10(14(17)18)12(15)13(11)16/h6-9H,2-5H2,1H3,(H3,17,18). The van der Waals surface area contributed by atoms with Crippen LogP contribution in [0.3, 0.4) is 0 Å². The molecule has 3 nitrogen and oxygen atoms in total. The van der Waals surface area contributed by atoms with Crippen molar-refractivity contribution in [2.24, 2.45) is 11.7 Å². The Morgan fingerprint density at radius 1 is 1.37 bits per heavy atom. The Kier molecular flexibility index (Phi) is 4.45. The Hall–Kier alpha value is -1.10. The monoisotopic (exact) mass is 328 g/mol. The van der Waals surface area contributed by atoms with E-state index in [0.29, 0.717) is 5.56 Å². The normalized spacial score (nSPS) is 23.1. The molecule has 0 amide bonds. The van der Waals surface area contributed by atoms with Crippen molar-refractivity contribution in [3.63, 3.8) is 0 Å². The van der Waals surface area contributed by atoms with Gasteiger partial charge in [-0.25, -0.2) is 4.39 Å². The van der Waals surface area contributed by atoms with Crippen LogP contribution in [0.15, 0.2) is 16.6 Å². The molecule has 0 heterocycles. The van der Waals surface area contributed by atoms with Crippen molar-refractivity contribution in [1.29, 1.82) is 5.41 Å². The molecule has 19 heavy (non-hydrogen) atoms. The van der Waals surface area contributed by atoms with Crippen LogP contribution in [-0.4, -0.2) is 11.9 Å². The molecule has 1 aliphatic carbocycles. The summed E-state index contributed by atoms with van der Waals surface area (Å²) in [5.74, 6) is 0.322. The Morgan fingerprint density at radius 3 is 2.58 bits per heavy atom. The summed E-state index contributed by atoms with van der Waals surface area (Å²) in [5, 5.41) is 7.36. The number of rotatable bonds is 3. The Bertz CT molecular complexity index is 485. The Labute approximate surface area is 121 Å². The summed E-state index contributed by atoms with van der Waals surface area (Å²) in [6, 6.07) is 3.16. The number of nitrogens with two attached hydrogens (primary N) is 1. The van der Waals surface area contributed by atoms with Gasteiger partial charge in [-0.3, -0.25) is 5.41 Å². The Morgan fingerprint density at radius 2 is 2.00 bits per heavy atom. The SMILES string of the molecule is CC1CCC(Oc2ccc(C(=N)N)c(Br)c2F)CC1. The van der Waals surface area contributed by atoms with Gasteiger partial charge in [0, 0.05) is 5.56 Å². The smallest absolute Gasteiger partial charge is 0.179 e. The van der Waals surface area contributed by atoms with E-state index in [1.807, 2.05) is 0 Å². The van der Waals surface area contributed by atoms with E-state index in [4.69, 9.17) is 15.9 Å². The van der Waals surface area contributed by atoms with E-state index in [9.17, 15) is 4.39 Å². The minimum absolute atomic E-state index is 0.0841. The van der Waals surface area contributed by atoms with Crippen LogP contribution in [0.5, 0.6) is 5.75 Å². The second kappa shape index (κ2) is 5.90. The predicted molar refractivity (Wildman–Crippen MR) is 77.2 cm³/mol. The van der Waals surface area contributed by atoms with Gasteiger partial charge in [0.25, 0.3) is 0 Å². The first-order valence-corrected chi connectivity index (χ1v) is 7.27. The number of hydrogen-bond acceptors (Lipinski definition) is 2. The molecule has 0 saturated heterocycles. The van der Waals surface area contributed by atoms with Crippen LogP contribution in [0.1, 0.15) is 38.2 Å². The van der Waals surface area contributed by atoms with Gasteiger partial charge in [-0.05, 0) is 59.7 Å². The van der Waals surface area contributed by atoms with Crippen LogP contribution >= 0.6 is 15.9 Å². The summed E-state index contributed by atoms with van der Waals surface area (Å²) in [4.78, 5) is 0. The third-order valence-corrected chi connectivity index (χ3v) is 4.37. The maximum absolute atomic E-state index is 14.1. The van der Waals surface area contributed by atoms with E-state index in [-0.39, 0.29) is 22.2 Å². The quantitative estimate of drug-likeness (QED) is 0.654. The minimum atomic E-state index is -0.480. The maximum atomic E-state index is 14.1. The zero-order chi connectivity index (χ0) is 14.0. The molecule has 1 saturated carbocycles. The van der Waals surface area contributed by atoms with E-state index < -0.39 is 5.82 Å². The van der Waals surface area contributed by atoms with Gasteiger partial charge in [0.15, 0.2) is 11.6 Å². The molecule has 5 heteroatoms. The highest BCUT2D eigenvalue weighted by atomic mass is 79.9. The van der Waals surface area contributed by atoms with Crippen LogP contribution in [0.2, 0.25) is 0 Å². The van der Waals surface area contributed by atoms with E-state index in [2.05, 4.69) is 22.9 Å². The molecule has 1 aromatic rings. The van der Waals surface area contributed by atoms with E-state index >= 15 is 0 Å². The van der Waals surface area contributed by atoms with Crippen molar-refractivity contribution in [1.82, 2.24) is 0 Å². The van der Waals surface area contributed by atoms with E-state index in [1.54, 1.807) is 12.1 Å². The molecule has 0 spiro atoms. The molecule has 1 fully saturated rings. The molecular weight excluding hydrogens is 311 g/mol. The second-order valence-electron chi connectivity index (χ2n) is 5.15. The summed E-state index contributed by atoms with van der Waals surface area (Å²) < 4.78 is 20.1. The third kappa shape index (κ3) is 3.26.